The molecule has 23 heavy (non-hydrogen) atoms. The number of hydrogen-bond donors (Lipinski definition) is 1. The first kappa shape index (κ1) is 17.0. The van der Waals surface area contributed by atoms with Gasteiger partial charge < -0.3 is 10.1 Å². The maximum Gasteiger partial charge on any atom is 0.422 e. The quantitative estimate of drug-likeness (QED) is 0.904. The first-order valence-electron chi connectivity index (χ1n) is 6.37. The fourth-order valence-corrected chi connectivity index (χ4v) is 1.81. The van der Waals surface area contributed by atoms with Crippen molar-refractivity contribution in [2.75, 3.05) is 6.61 Å². The number of halogens is 4. The van der Waals surface area contributed by atoms with Crippen molar-refractivity contribution in [3.8, 4) is 5.75 Å². The highest BCUT2D eigenvalue weighted by molar-refractivity contribution is 6.33. The molecule has 0 aliphatic heterocycles. The summed E-state index contributed by atoms with van der Waals surface area (Å²) in [7, 11) is 0. The predicted octanol–water partition coefficient (Wildman–Crippen LogP) is 3.00. The molecule has 9 heteroatoms. The fourth-order valence-electron chi connectivity index (χ4n) is 1.61. The Morgan fingerprint density at radius 3 is 2.57 bits per heavy atom. The second-order valence-electron chi connectivity index (χ2n) is 4.45. The van der Waals surface area contributed by atoms with Crippen LogP contribution in [0.4, 0.5) is 13.2 Å². The Kier molecular flexibility index (Phi) is 5.38. The van der Waals surface area contributed by atoms with E-state index in [4.69, 9.17) is 11.6 Å². The summed E-state index contributed by atoms with van der Waals surface area (Å²) in [5, 5.41) is 2.72. The summed E-state index contributed by atoms with van der Waals surface area (Å²) in [6, 6.07) is 5.89. The van der Waals surface area contributed by atoms with Gasteiger partial charge in [-0.15, -0.1) is 0 Å². The number of rotatable bonds is 5. The van der Waals surface area contributed by atoms with Crippen molar-refractivity contribution in [3.05, 3.63) is 53.1 Å². The van der Waals surface area contributed by atoms with Gasteiger partial charge in [-0.3, -0.25) is 4.79 Å². The van der Waals surface area contributed by atoms with Crippen LogP contribution in [0.15, 0.2) is 36.8 Å². The van der Waals surface area contributed by atoms with E-state index >= 15 is 0 Å². The number of carbonyl (C=O) groups excluding carboxylic acids is 1. The van der Waals surface area contributed by atoms with E-state index in [1.807, 2.05) is 0 Å². The van der Waals surface area contributed by atoms with Crippen LogP contribution in [0.2, 0.25) is 5.02 Å². The number of alkyl halides is 3. The summed E-state index contributed by atoms with van der Waals surface area (Å²) in [5.41, 5.74) is 0.731. The van der Waals surface area contributed by atoms with Gasteiger partial charge in [0.25, 0.3) is 5.91 Å². The lowest BCUT2D eigenvalue weighted by atomic mass is 10.2. The second kappa shape index (κ2) is 7.28. The maximum absolute atomic E-state index is 12.0. The van der Waals surface area contributed by atoms with E-state index in [9.17, 15) is 18.0 Å². The molecule has 1 heterocycles. The van der Waals surface area contributed by atoms with E-state index in [1.165, 1.54) is 24.7 Å². The number of nitrogens with one attached hydrogen (secondary N) is 1. The van der Waals surface area contributed by atoms with Crippen molar-refractivity contribution in [2.24, 2.45) is 0 Å². The highest BCUT2D eigenvalue weighted by atomic mass is 35.5. The van der Waals surface area contributed by atoms with Gasteiger partial charge in [0.15, 0.2) is 6.61 Å². The molecule has 0 spiro atoms. The topological polar surface area (TPSA) is 64.1 Å². The van der Waals surface area contributed by atoms with Crippen LogP contribution in [0.1, 0.15) is 16.1 Å². The smallest absolute Gasteiger partial charge is 0.422 e. The molecule has 0 radical (unpaired) electrons. The van der Waals surface area contributed by atoms with Crippen LogP contribution in [0.3, 0.4) is 0 Å². The van der Waals surface area contributed by atoms with Gasteiger partial charge in [0.2, 0.25) is 0 Å². The molecule has 5 nitrogen and oxygen atoms in total. The Balaban J connectivity index is 1.89. The molecule has 0 bridgehead atoms. The lowest BCUT2D eigenvalue weighted by molar-refractivity contribution is -0.153. The van der Waals surface area contributed by atoms with Crippen molar-refractivity contribution in [3.63, 3.8) is 0 Å². The highest BCUT2D eigenvalue weighted by Gasteiger charge is 2.28. The summed E-state index contributed by atoms with van der Waals surface area (Å²) in [5.74, 6) is -0.383. The number of nitrogens with zero attached hydrogens (tertiary/aromatic N) is 2. The third-order valence-corrected chi connectivity index (χ3v) is 2.94. The van der Waals surface area contributed by atoms with Gasteiger partial charge in [-0.25, -0.2) is 9.97 Å². The third kappa shape index (κ3) is 5.41. The Labute approximate surface area is 134 Å². The zero-order valence-electron chi connectivity index (χ0n) is 11.6. The normalized spacial score (nSPS) is 11.1. The number of carbonyl (C=O) groups is 1. The molecule has 2 rings (SSSR count). The summed E-state index contributed by atoms with van der Waals surface area (Å²) in [6.07, 6.45) is -1.88. The SMILES string of the molecule is O=C(NCc1ccc(OCC(F)(F)F)cc1)c1ncncc1Cl. The number of ether oxygens (including phenoxy) is 1. The Bertz CT molecular complexity index is 678. The van der Waals surface area contributed by atoms with Crippen LogP contribution < -0.4 is 10.1 Å². The molecule has 0 fully saturated rings. The number of hydrogen-bond acceptors (Lipinski definition) is 4. The minimum Gasteiger partial charge on any atom is -0.484 e. The van der Waals surface area contributed by atoms with E-state index < -0.39 is 18.7 Å². The van der Waals surface area contributed by atoms with Crippen molar-refractivity contribution < 1.29 is 22.7 Å². The van der Waals surface area contributed by atoms with Crippen LogP contribution in [-0.4, -0.2) is 28.7 Å². The van der Waals surface area contributed by atoms with Crippen LogP contribution in [0.5, 0.6) is 5.75 Å². The maximum atomic E-state index is 12.0. The Morgan fingerprint density at radius 2 is 1.96 bits per heavy atom. The third-order valence-electron chi connectivity index (χ3n) is 2.66. The standard InChI is InChI=1S/C14H11ClF3N3O2/c15-11-6-19-8-21-12(11)13(22)20-5-9-1-3-10(4-2-9)23-7-14(16,17)18/h1-4,6,8H,5,7H2,(H,20,22). The van der Waals surface area contributed by atoms with Gasteiger partial charge in [0.05, 0.1) is 5.02 Å². The molecule has 0 aliphatic rings. The van der Waals surface area contributed by atoms with Crippen LogP contribution >= 0.6 is 11.6 Å². The zero-order chi connectivity index (χ0) is 16.9. The average Bonchev–Trinajstić information content (AvgIpc) is 2.51. The monoisotopic (exact) mass is 345 g/mol. The van der Waals surface area contributed by atoms with E-state index in [-0.39, 0.29) is 23.0 Å². The van der Waals surface area contributed by atoms with E-state index in [1.54, 1.807) is 12.1 Å². The van der Waals surface area contributed by atoms with Gasteiger partial charge in [0.1, 0.15) is 17.8 Å². The van der Waals surface area contributed by atoms with Gasteiger partial charge in [0, 0.05) is 12.7 Å². The summed E-state index contributed by atoms with van der Waals surface area (Å²) < 4.78 is 40.7. The van der Waals surface area contributed by atoms with E-state index in [2.05, 4.69) is 20.0 Å². The molecule has 1 N–H and O–H groups in total. The molecular weight excluding hydrogens is 335 g/mol. The van der Waals surface area contributed by atoms with Gasteiger partial charge in [-0.2, -0.15) is 13.2 Å². The second-order valence-corrected chi connectivity index (χ2v) is 4.86. The van der Waals surface area contributed by atoms with Crippen LogP contribution in [-0.2, 0) is 6.54 Å². The minimum atomic E-state index is -4.39. The predicted molar refractivity (Wildman–Crippen MR) is 76.2 cm³/mol. The number of amides is 1. The number of benzene rings is 1. The van der Waals surface area contributed by atoms with Crippen molar-refractivity contribution in [1.29, 1.82) is 0 Å². The molecule has 122 valence electrons. The largest absolute Gasteiger partial charge is 0.484 e. The summed E-state index contributed by atoms with van der Waals surface area (Å²) in [6.45, 7) is -1.19. The minimum absolute atomic E-state index is 0.0480. The molecule has 0 saturated carbocycles. The average molecular weight is 346 g/mol. The fraction of sp³-hybridized carbons (Fsp3) is 0.214. The van der Waals surface area contributed by atoms with Crippen molar-refractivity contribution >= 4 is 17.5 Å². The molecular formula is C14H11ClF3N3O2. The lowest BCUT2D eigenvalue weighted by Gasteiger charge is -2.10. The molecule has 0 atom stereocenters. The molecule has 2 aromatic rings. The molecule has 0 unspecified atom stereocenters. The summed E-state index contributed by atoms with van der Waals surface area (Å²) >= 11 is 5.80. The Hall–Kier alpha value is -2.35. The summed E-state index contributed by atoms with van der Waals surface area (Å²) in [4.78, 5) is 19.3. The number of aromatic nitrogens is 2. The van der Waals surface area contributed by atoms with Crippen molar-refractivity contribution in [1.82, 2.24) is 15.3 Å². The van der Waals surface area contributed by atoms with Gasteiger partial charge >= 0.3 is 6.18 Å². The molecule has 1 aromatic heterocycles. The molecule has 0 saturated heterocycles. The first-order chi connectivity index (χ1) is 10.8. The van der Waals surface area contributed by atoms with Crippen molar-refractivity contribution in [2.45, 2.75) is 12.7 Å². The van der Waals surface area contributed by atoms with Gasteiger partial charge in [-0.05, 0) is 17.7 Å². The molecule has 1 amide bonds. The molecule has 0 aliphatic carbocycles. The first-order valence-corrected chi connectivity index (χ1v) is 6.75. The van der Waals surface area contributed by atoms with Crippen LogP contribution in [0.25, 0.3) is 0 Å². The van der Waals surface area contributed by atoms with Crippen LogP contribution in [0, 0.1) is 0 Å². The lowest BCUT2D eigenvalue weighted by Crippen LogP contribution is -2.24. The van der Waals surface area contributed by atoms with E-state index in [0.29, 0.717) is 5.56 Å². The molecule has 1 aromatic carbocycles. The van der Waals surface area contributed by atoms with E-state index in [0.717, 1.165) is 0 Å². The Morgan fingerprint density at radius 1 is 1.26 bits per heavy atom. The van der Waals surface area contributed by atoms with Gasteiger partial charge in [-0.1, -0.05) is 23.7 Å². The zero-order valence-corrected chi connectivity index (χ0v) is 12.4. The highest BCUT2D eigenvalue weighted by Crippen LogP contribution is 2.19.